The highest BCUT2D eigenvalue weighted by atomic mass is 16.6. The van der Waals surface area contributed by atoms with E-state index in [9.17, 15) is 14.4 Å². The van der Waals surface area contributed by atoms with Crippen molar-refractivity contribution < 1.29 is 23.9 Å². The van der Waals surface area contributed by atoms with E-state index in [1.54, 1.807) is 19.9 Å². The van der Waals surface area contributed by atoms with Crippen LogP contribution in [0.4, 0.5) is 4.79 Å². The Balaban J connectivity index is 2.80. The van der Waals surface area contributed by atoms with Crippen molar-refractivity contribution in [1.82, 2.24) is 4.90 Å². The predicted octanol–water partition coefficient (Wildman–Crippen LogP) is 1.54. The van der Waals surface area contributed by atoms with Crippen molar-refractivity contribution in [3.05, 3.63) is 12.2 Å². The van der Waals surface area contributed by atoms with Crippen LogP contribution in [0.1, 0.15) is 26.7 Å². The summed E-state index contributed by atoms with van der Waals surface area (Å²) in [4.78, 5) is 35.6. The molecule has 0 aromatic rings. The molecule has 20 heavy (non-hydrogen) atoms. The van der Waals surface area contributed by atoms with E-state index in [4.69, 9.17) is 9.47 Å². The summed E-state index contributed by atoms with van der Waals surface area (Å²) in [5, 5.41) is 0. The number of esters is 1. The van der Waals surface area contributed by atoms with E-state index in [1.165, 1.54) is 11.0 Å². The molecule has 112 valence electrons. The maximum absolute atomic E-state index is 12.0. The fourth-order valence-electron chi connectivity index (χ4n) is 2.37. The normalized spacial score (nSPS) is 22.0. The molecule has 0 saturated carbocycles. The van der Waals surface area contributed by atoms with Gasteiger partial charge >= 0.3 is 12.1 Å². The number of ether oxygens (including phenoxy) is 2. The molecular formula is C14H21NO5. The van der Waals surface area contributed by atoms with E-state index in [-0.39, 0.29) is 19.1 Å². The number of aldehydes is 1. The van der Waals surface area contributed by atoms with Crippen molar-refractivity contribution in [2.45, 2.75) is 32.7 Å². The zero-order valence-corrected chi connectivity index (χ0v) is 11.9. The van der Waals surface area contributed by atoms with Crippen molar-refractivity contribution >= 4 is 18.3 Å². The first-order valence-electron chi connectivity index (χ1n) is 6.86. The van der Waals surface area contributed by atoms with Gasteiger partial charge in [-0.2, -0.15) is 0 Å². The summed E-state index contributed by atoms with van der Waals surface area (Å²) in [6, 6.07) is -0.634. The van der Waals surface area contributed by atoms with Gasteiger partial charge in [0.1, 0.15) is 12.3 Å². The Bertz CT molecular complexity index is 380. The summed E-state index contributed by atoms with van der Waals surface area (Å²) in [6.45, 7) is 4.44. The number of allylic oxidation sites excluding steroid dienone is 2. The molecular weight excluding hydrogens is 262 g/mol. The van der Waals surface area contributed by atoms with Crippen LogP contribution in [-0.2, 0) is 19.1 Å². The molecule has 0 radical (unpaired) electrons. The van der Waals surface area contributed by atoms with Crippen molar-refractivity contribution in [2.75, 3.05) is 19.8 Å². The van der Waals surface area contributed by atoms with Crippen LogP contribution >= 0.6 is 0 Å². The maximum atomic E-state index is 12.0. The first kappa shape index (κ1) is 16.2. The average Bonchev–Trinajstić information content (AvgIpc) is 2.83. The molecule has 0 aromatic heterocycles. The van der Waals surface area contributed by atoms with E-state index in [0.717, 1.165) is 0 Å². The third kappa shape index (κ3) is 4.08. The molecule has 2 unspecified atom stereocenters. The Morgan fingerprint density at radius 2 is 1.95 bits per heavy atom. The van der Waals surface area contributed by atoms with Crippen molar-refractivity contribution in [3.8, 4) is 0 Å². The van der Waals surface area contributed by atoms with Crippen molar-refractivity contribution in [3.63, 3.8) is 0 Å². The number of rotatable bonds is 6. The molecule has 6 heteroatoms. The van der Waals surface area contributed by atoms with E-state index < -0.39 is 18.1 Å². The molecule has 0 aromatic carbocycles. The molecule has 1 fully saturated rings. The highest BCUT2D eigenvalue weighted by Gasteiger charge is 2.42. The van der Waals surface area contributed by atoms with Gasteiger partial charge in [-0.1, -0.05) is 6.08 Å². The van der Waals surface area contributed by atoms with Gasteiger partial charge in [-0.05, 0) is 38.7 Å². The molecule has 1 saturated heterocycles. The molecule has 0 N–H and O–H groups in total. The number of carbonyl (C=O) groups excluding carboxylic acids is 3. The van der Waals surface area contributed by atoms with Gasteiger partial charge in [0.15, 0.2) is 0 Å². The average molecular weight is 283 g/mol. The van der Waals surface area contributed by atoms with E-state index in [0.29, 0.717) is 25.7 Å². The topological polar surface area (TPSA) is 72.9 Å². The molecule has 6 nitrogen and oxygen atoms in total. The van der Waals surface area contributed by atoms with Gasteiger partial charge in [0, 0.05) is 6.54 Å². The third-order valence-electron chi connectivity index (χ3n) is 3.21. The fourth-order valence-corrected chi connectivity index (χ4v) is 2.37. The van der Waals surface area contributed by atoms with Crippen LogP contribution < -0.4 is 0 Å². The number of carbonyl (C=O) groups is 3. The first-order valence-corrected chi connectivity index (χ1v) is 6.86. The lowest BCUT2D eigenvalue weighted by molar-refractivity contribution is -0.149. The number of hydrogen-bond donors (Lipinski definition) is 0. The first-order chi connectivity index (χ1) is 9.65. The predicted molar refractivity (Wildman–Crippen MR) is 72.1 cm³/mol. The van der Waals surface area contributed by atoms with Crippen molar-refractivity contribution in [2.24, 2.45) is 5.92 Å². The lowest BCUT2D eigenvalue weighted by atomic mass is 9.96. The zero-order valence-electron chi connectivity index (χ0n) is 11.9. The van der Waals surface area contributed by atoms with E-state index in [1.807, 2.05) is 0 Å². The van der Waals surface area contributed by atoms with Gasteiger partial charge in [-0.3, -0.25) is 9.69 Å². The highest BCUT2D eigenvalue weighted by molar-refractivity contribution is 5.82. The highest BCUT2D eigenvalue weighted by Crippen LogP contribution is 2.29. The van der Waals surface area contributed by atoms with Crippen LogP contribution in [0.2, 0.25) is 0 Å². The minimum absolute atomic E-state index is 0.0466. The largest absolute Gasteiger partial charge is 0.464 e. The molecule has 2 atom stereocenters. The van der Waals surface area contributed by atoms with Crippen LogP contribution in [0.3, 0.4) is 0 Å². The molecule has 0 spiro atoms. The second-order valence-corrected chi connectivity index (χ2v) is 4.44. The van der Waals surface area contributed by atoms with Crippen LogP contribution in [-0.4, -0.2) is 49.0 Å². The Labute approximate surface area is 118 Å². The minimum atomic E-state index is -0.634. The molecule has 1 rings (SSSR count). The molecule has 1 aliphatic heterocycles. The zero-order chi connectivity index (χ0) is 15.0. The number of likely N-dealkylation sites (tertiary alicyclic amines) is 1. The SMILES string of the molecule is CCOC(=O)C1C(CC=CC=O)CCN1C(=O)OCC. The van der Waals surface area contributed by atoms with E-state index >= 15 is 0 Å². The van der Waals surface area contributed by atoms with Crippen LogP contribution in [0.5, 0.6) is 0 Å². The minimum Gasteiger partial charge on any atom is -0.464 e. The fraction of sp³-hybridized carbons (Fsp3) is 0.643. The van der Waals surface area contributed by atoms with Gasteiger partial charge in [0.2, 0.25) is 0 Å². The summed E-state index contributed by atoms with van der Waals surface area (Å²) < 4.78 is 10.0. The summed E-state index contributed by atoms with van der Waals surface area (Å²) in [6.07, 6.45) is 4.54. The van der Waals surface area contributed by atoms with Gasteiger partial charge in [-0.15, -0.1) is 0 Å². The second-order valence-electron chi connectivity index (χ2n) is 4.44. The summed E-state index contributed by atoms with van der Waals surface area (Å²) in [5.74, 6) is -0.461. The summed E-state index contributed by atoms with van der Waals surface area (Å²) >= 11 is 0. The molecule has 0 aliphatic carbocycles. The van der Waals surface area contributed by atoms with Gasteiger partial charge in [-0.25, -0.2) is 9.59 Å². The van der Waals surface area contributed by atoms with Gasteiger partial charge < -0.3 is 9.47 Å². The maximum Gasteiger partial charge on any atom is 0.410 e. The summed E-state index contributed by atoms with van der Waals surface area (Å²) in [7, 11) is 0. The Kier molecular flexibility index (Phi) is 6.76. The Morgan fingerprint density at radius 3 is 2.55 bits per heavy atom. The number of amides is 1. The monoisotopic (exact) mass is 283 g/mol. The second kappa shape index (κ2) is 8.35. The van der Waals surface area contributed by atoms with E-state index in [2.05, 4.69) is 0 Å². The van der Waals surface area contributed by atoms with Crippen LogP contribution in [0.25, 0.3) is 0 Å². The van der Waals surface area contributed by atoms with Gasteiger partial charge in [0.25, 0.3) is 0 Å². The smallest absolute Gasteiger partial charge is 0.410 e. The molecule has 1 aliphatic rings. The third-order valence-corrected chi connectivity index (χ3v) is 3.21. The Hall–Kier alpha value is -1.85. The molecule has 0 bridgehead atoms. The van der Waals surface area contributed by atoms with Crippen molar-refractivity contribution in [1.29, 1.82) is 0 Å². The quantitative estimate of drug-likeness (QED) is 0.420. The Morgan fingerprint density at radius 1 is 1.25 bits per heavy atom. The lowest BCUT2D eigenvalue weighted by Gasteiger charge is -2.25. The molecule has 1 amide bonds. The van der Waals surface area contributed by atoms with Gasteiger partial charge in [0.05, 0.1) is 13.2 Å². The number of hydrogen-bond acceptors (Lipinski definition) is 5. The van der Waals surface area contributed by atoms with Crippen LogP contribution in [0.15, 0.2) is 12.2 Å². The summed E-state index contributed by atoms with van der Waals surface area (Å²) in [5.41, 5.74) is 0. The van der Waals surface area contributed by atoms with Crippen LogP contribution in [0, 0.1) is 5.92 Å². The molecule has 1 heterocycles. The standard InChI is InChI=1S/C14H21NO5/c1-3-19-13(17)12-11(7-5-6-10-16)8-9-15(12)14(18)20-4-2/h5-6,10-12H,3-4,7-9H2,1-2H3. The number of nitrogens with zero attached hydrogens (tertiary/aromatic N) is 1. The lowest BCUT2D eigenvalue weighted by Crippen LogP contribution is -2.44.